The van der Waals surface area contributed by atoms with Crippen molar-refractivity contribution in [3.63, 3.8) is 0 Å². The largest absolute Gasteiger partial charge is 0.481 e. The summed E-state index contributed by atoms with van der Waals surface area (Å²) in [5.41, 5.74) is -1.01. The van der Waals surface area contributed by atoms with Crippen molar-refractivity contribution in [2.45, 2.75) is 188 Å². The summed E-state index contributed by atoms with van der Waals surface area (Å²) < 4.78 is 12.7. The van der Waals surface area contributed by atoms with Gasteiger partial charge in [0.25, 0.3) is 0 Å². The minimum atomic E-state index is -0.783. The number of carboxylic acids is 1. The van der Waals surface area contributed by atoms with Crippen LogP contribution >= 0.6 is 0 Å². The van der Waals surface area contributed by atoms with Crippen LogP contribution in [0.25, 0.3) is 0 Å². The van der Waals surface area contributed by atoms with Gasteiger partial charge in [-0.1, -0.05) is 60.6 Å². The first-order chi connectivity index (χ1) is 23.2. The molecule has 2 saturated heterocycles. The second-order valence-electron chi connectivity index (χ2n) is 17.3. The number of Topliss-reactive ketones (excluding diaryl/α,β-unsaturated/α-hetero) is 2. The molecule has 2 rings (SSSR count). The number of rotatable bonds is 23. The third kappa shape index (κ3) is 13.7. The number of carbonyl (C=O) groups is 3. The Kier molecular flexibility index (Phi) is 17.8. The van der Waals surface area contributed by atoms with E-state index in [1.165, 1.54) is 0 Å². The zero-order valence-corrected chi connectivity index (χ0v) is 32.9. The highest BCUT2D eigenvalue weighted by Gasteiger charge is 2.51. The lowest BCUT2D eigenvalue weighted by molar-refractivity contribution is -0.172. The van der Waals surface area contributed by atoms with Crippen molar-refractivity contribution >= 4 is 17.5 Å². The Morgan fingerprint density at radius 1 is 0.800 bits per heavy atom. The van der Waals surface area contributed by atoms with Crippen LogP contribution in [0.2, 0.25) is 0 Å². The van der Waals surface area contributed by atoms with E-state index in [4.69, 9.17) is 14.6 Å². The first kappa shape index (κ1) is 44.5. The number of carboxylic acid groups (broad SMARTS) is 1. The molecule has 0 aromatic rings. The zero-order chi connectivity index (χ0) is 38.0. The Morgan fingerprint density at radius 3 is 1.96 bits per heavy atom. The van der Waals surface area contributed by atoms with Crippen molar-refractivity contribution < 1.29 is 44.3 Å². The van der Waals surface area contributed by atoms with Crippen molar-refractivity contribution in [2.75, 3.05) is 0 Å². The maximum absolute atomic E-state index is 12.9. The average molecular weight is 709 g/mol. The number of aliphatic hydroxyl groups is 3. The molecule has 14 unspecified atom stereocenters. The molecule has 2 heterocycles. The molecule has 0 saturated carbocycles. The van der Waals surface area contributed by atoms with Crippen LogP contribution in [-0.2, 0) is 23.9 Å². The third-order valence-corrected chi connectivity index (χ3v) is 12.1. The third-order valence-electron chi connectivity index (χ3n) is 12.1. The van der Waals surface area contributed by atoms with Gasteiger partial charge in [0.1, 0.15) is 11.6 Å². The van der Waals surface area contributed by atoms with Crippen molar-refractivity contribution in [2.24, 2.45) is 41.4 Å². The van der Waals surface area contributed by atoms with Gasteiger partial charge in [-0.2, -0.15) is 0 Å². The summed E-state index contributed by atoms with van der Waals surface area (Å²) in [6.07, 6.45) is 9.30. The van der Waals surface area contributed by atoms with Gasteiger partial charge in [-0.25, -0.2) is 0 Å². The van der Waals surface area contributed by atoms with Crippen molar-refractivity contribution in [1.29, 1.82) is 0 Å². The fourth-order valence-electron chi connectivity index (χ4n) is 8.13. The lowest BCUT2D eigenvalue weighted by Gasteiger charge is -2.35. The van der Waals surface area contributed by atoms with E-state index in [0.29, 0.717) is 25.7 Å². The number of allylic oxidation sites excluding steroid dienone is 1. The van der Waals surface area contributed by atoms with Crippen LogP contribution < -0.4 is 0 Å². The fourth-order valence-corrected chi connectivity index (χ4v) is 8.13. The van der Waals surface area contributed by atoms with Gasteiger partial charge in [0.05, 0.1) is 48.1 Å². The van der Waals surface area contributed by atoms with Crippen LogP contribution in [0.3, 0.4) is 0 Å². The van der Waals surface area contributed by atoms with Gasteiger partial charge in [-0.3, -0.25) is 14.4 Å². The van der Waals surface area contributed by atoms with E-state index in [0.717, 1.165) is 38.5 Å². The highest BCUT2D eigenvalue weighted by atomic mass is 16.6. The summed E-state index contributed by atoms with van der Waals surface area (Å²) in [7, 11) is 0. The number of hydrogen-bond acceptors (Lipinski definition) is 8. The molecule has 4 N–H and O–H groups in total. The van der Waals surface area contributed by atoms with Crippen LogP contribution in [0.5, 0.6) is 0 Å². The van der Waals surface area contributed by atoms with E-state index >= 15 is 0 Å². The molecule has 2 fully saturated rings. The van der Waals surface area contributed by atoms with E-state index in [1.54, 1.807) is 6.92 Å². The number of aliphatic carboxylic acids is 1. The number of ether oxygens (including phenoxy) is 2. The smallest absolute Gasteiger partial charge is 0.303 e. The normalized spacial score (nSPS) is 30.3. The summed E-state index contributed by atoms with van der Waals surface area (Å²) in [6.45, 7) is 19.6. The van der Waals surface area contributed by atoms with E-state index in [2.05, 4.69) is 26.8 Å². The van der Waals surface area contributed by atoms with Crippen LogP contribution in [0.1, 0.15) is 146 Å². The molecule has 9 nitrogen and oxygen atoms in total. The van der Waals surface area contributed by atoms with Crippen molar-refractivity contribution in [3.8, 4) is 0 Å². The molecule has 14 atom stereocenters. The molecule has 0 aliphatic carbocycles. The second-order valence-corrected chi connectivity index (χ2v) is 17.3. The van der Waals surface area contributed by atoms with E-state index in [9.17, 15) is 29.7 Å². The van der Waals surface area contributed by atoms with Crippen molar-refractivity contribution in [1.82, 2.24) is 0 Å². The Hall–Kier alpha value is -1.65. The van der Waals surface area contributed by atoms with Gasteiger partial charge in [0.15, 0.2) is 0 Å². The topological polar surface area (TPSA) is 151 Å². The first-order valence-electron chi connectivity index (χ1n) is 19.5. The average Bonchev–Trinajstić information content (AvgIpc) is 3.63. The van der Waals surface area contributed by atoms with Gasteiger partial charge in [0, 0.05) is 30.1 Å². The lowest BCUT2D eigenvalue weighted by atomic mass is 9.83. The number of carbonyl (C=O) groups excluding carboxylic acids is 2. The Bertz CT molecular complexity index is 1110. The van der Waals surface area contributed by atoms with E-state index in [1.807, 2.05) is 47.6 Å². The van der Waals surface area contributed by atoms with Gasteiger partial charge >= 0.3 is 5.97 Å². The molecule has 0 spiro atoms. The quantitative estimate of drug-likeness (QED) is 0.0633. The molecule has 0 amide bonds. The first-order valence-corrected chi connectivity index (χ1v) is 19.5. The molecule has 2 aliphatic heterocycles. The van der Waals surface area contributed by atoms with Crippen LogP contribution in [0.4, 0.5) is 0 Å². The highest BCUT2D eigenvalue weighted by molar-refractivity contribution is 6.00. The molecule has 0 radical (unpaired) electrons. The monoisotopic (exact) mass is 709 g/mol. The fraction of sp³-hybridized carbons (Fsp3) is 0.878. The van der Waals surface area contributed by atoms with Crippen LogP contribution in [0, 0.1) is 41.4 Å². The maximum atomic E-state index is 12.9. The van der Waals surface area contributed by atoms with Gasteiger partial charge in [-0.15, -0.1) is 0 Å². The Balaban J connectivity index is 1.73. The van der Waals surface area contributed by atoms with Gasteiger partial charge in [0.2, 0.25) is 0 Å². The predicted octanol–water partition coefficient (Wildman–Crippen LogP) is 7.32. The number of aliphatic hydroxyl groups excluding tert-OH is 3. The summed E-state index contributed by atoms with van der Waals surface area (Å²) in [5, 5.41) is 41.2. The van der Waals surface area contributed by atoms with E-state index < -0.39 is 35.5 Å². The molecule has 50 heavy (non-hydrogen) atoms. The molecular weight excluding hydrogens is 636 g/mol. The minimum Gasteiger partial charge on any atom is -0.481 e. The van der Waals surface area contributed by atoms with E-state index in [-0.39, 0.29) is 78.0 Å². The lowest BCUT2D eigenvalue weighted by Crippen LogP contribution is -2.44. The standard InChI is InChI=1S/C41H72O9/c1-25(21-29(5)34(43)24-35(44)30(6)22-27(3)20-26(2)14-15-38(46)47)12-11-13-28(4)39(48)31(7)36(45)23-33-16-18-41(10,49-33)37-17-19-40(9,50-37)32(8)42/h11,13,25-33,36-37,39,42,45,48H,12,14-24H2,1-10H3,(H,46,47). The number of hydrogen-bond donors (Lipinski definition) is 4. The highest BCUT2D eigenvalue weighted by Crippen LogP contribution is 2.45. The Labute approximate surface area is 303 Å². The molecule has 0 bridgehead atoms. The molecule has 0 aromatic carbocycles. The SMILES string of the molecule is CC(CCC(=O)O)CC(C)CC(C)C(=O)CC(=O)C(C)CC(C)CC=CC(C)C(O)C(C)C(O)CC1CCC(C)(C2CCC(C)(C(C)O)O2)O1. The molecular formula is C41H72O9. The summed E-state index contributed by atoms with van der Waals surface area (Å²) >= 11 is 0. The minimum absolute atomic E-state index is 0.0184. The maximum Gasteiger partial charge on any atom is 0.303 e. The summed E-state index contributed by atoms with van der Waals surface area (Å²) in [4.78, 5) is 36.6. The van der Waals surface area contributed by atoms with Gasteiger partial charge in [-0.05, 0) is 103 Å². The molecule has 0 aromatic heterocycles. The summed E-state index contributed by atoms with van der Waals surface area (Å²) in [6, 6.07) is 0. The number of ketones is 2. The molecule has 9 heteroatoms. The van der Waals surface area contributed by atoms with Crippen molar-refractivity contribution in [3.05, 3.63) is 12.2 Å². The Morgan fingerprint density at radius 2 is 1.40 bits per heavy atom. The predicted molar refractivity (Wildman–Crippen MR) is 197 cm³/mol. The zero-order valence-electron chi connectivity index (χ0n) is 32.9. The second kappa shape index (κ2) is 20.0. The van der Waals surface area contributed by atoms with Crippen LogP contribution in [-0.4, -0.2) is 79.7 Å². The molecule has 290 valence electrons. The van der Waals surface area contributed by atoms with Crippen LogP contribution in [0.15, 0.2) is 12.2 Å². The molecule has 2 aliphatic rings. The van der Waals surface area contributed by atoms with Gasteiger partial charge < -0.3 is 29.9 Å². The summed E-state index contributed by atoms with van der Waals surface area (Å²) in [5.74, 6) is -0.948.